The molecule has 1 amide bonds. The van der Waals surface area contributed by atoms with E-state index < -0.39 is 18.5 Å². The number of carboxylic acid groups (broad SMARTS) is 1. The third-order valence-corrected chi connectivity index (χ3v) is 3.86. The van der Waals surface area contributed by atoms with E-state index in [1.165, 1.54) is 19.3 Å². The molecule has 0 aromatic heterocycles. The largest absolute Gasteiger partial charge is 0.493 e. The number of rotatable bonds is 8. The van der Waals surface area contributed by atoms with Crippen LogP contribution in [-0.2, 0) is 9.59 Å². The van der Waals surface area contributed by atoms with Crippen LogP contribution >= 0.6 is 0 Å². The summed E-state index contributed by atoms with van der Waals surface area (Å²) in [5.41, 5.74) is 1.40. The van der Waals surface area contributed by atoms with Crippen molar-refractivity contribution in [3.8, 4) is 17.6 Å². The molecule has 2 rings (SSSR count). The topological polar surface area (TPSA) is 109 Å². The standard InChI is InChI=1S/C21H20N2O5/c1-14(16-6-4-3-5-7-16)23-21(26)17(12-22)10-15-8-9-18(19(11-15)27-2)28-13-20(24)25/h3-11,14H,13H2,1-2H3,(H,23,26)(H,24,25). The molecule has 0 aliphatic carbocycles. The average molecular weight is 380 g/mol. The van der Waals surface area contributed by atoms with Gasteiger partial charge in [0.25, 0.3) is 5.91 Å². The number of carboxylic acids is 1. The number of nitrogens with zero attached hydrogens (tertiary/aromatic N) is 1. The number of carbonyl (C=O) groups is 2. The maximum Gasteiger partial charge on any atom is 0.341 e. The fourth-order valence-electron chi connectivity index (χ4n) is 2.45. The second-order valence-corrected chi connectivity index (χ2v) is 5.87. The van der Waals surface area contributed by atoms with Gasteiger partial charge in [-0.1, -0.05) is 36.4 Å². The van der Waals surface area contributed by atoms with Crippen molar-refractivity contribution in [2.45, 2.75) is 13.0 Å². The predicted molar refractivity (Wildman–Crippen MR) is 103 cm³/mol. The van der Waals surface area contributed by atoms with Gasteiger partial charge < -0.3 is 19.9 Å². The van der Waals surface area contributed by atoms with Crippen LogP contribution in [-0.4, -0.2) is 30.7 Å². The molecule has 0 aliphatic heterocycles. The van der Waals surface area contributed by atoms with Gasteiger partial charge in [-0.25, -0.2) is 4.79 Å². The molecule has 0 saturated heterocycles. The maximum absolute atomic E-state index is 12.4. The number of carbonyl (C=O) groups excluding carboxylic acids is 1. The van der Waals surface area contributed by atoms with Crippen LogP contribution in [0.25, 0.3) is 6.08 Å². The number of hydrogen-bond donors (Lipinski definition) is 2. The molecule has 0 heterocycles. The second-order valence-electron chi connectivity index (χ2n) is 5.87. The Morgan fingerprint density at radius 3 is 2.54 bits per heavy atom. The summed E-state index contributed by atoms with van der Waals surface area (Å²) in [5.74, 6) is -1.06. The highest BCUT2D eigenvalue weighted by molar-refractivity contribution is 6.01. The zero-order valence-corrected chi connectivity index (χ0v) is 15.5. The molecule has 0 fully saturated rings. The monoisotopic (exact) mass is 380 g/mol. The van der Waals surface area contributed by atoms with Gasteiger partial charge in [0.2, 0.25) is 0 Å². The highest BCUT2D eigenvalue weighted by atomic mass is 16.5. The quantitative estimate of drug-likeness (QED) is 0.538. The molecule has 2 aromatic carbocycles. The van der Waals surface area contributed by atoms with E-state index in [-0.39, 0.29) is 17.4 Å². The summed E-state index contributed by atoms with van der Waals surface area (Å²) in [5, 5.41) is 20.9. The smallest absolute Gasteiger partial charge is 0.341 e. The van der Waals surface area contributed by atoms with Crippen LogP contribution in [0.2, 0.25) is 0 Å². The molecule has 0 aliphatic rings. The number of methoxy groups -OCH3 is 1. The zero-order valence-electron chi connectivity index (χ0n) is 15.5. The Morgan fingerprint density at radius 1 is 1.21 bits per heavy atom. The lowest BCUT2D eigenvalue weighted by Gasteiger charge is -2.14. The summed E-state index contributed by atoms with van der Waals surface area (Å²) in [6, 6.07) is 15.7. The summed E-state index contributed by atoms with van der Waals surface area (Å²) >= 11 is 0. The van der Waals surface area contributed by atoms with Crippen molar-refractivity contribution < 1.29 is 24.2 Å². The van der Waals surface area contributed by atoms with Crippen molar-refractivity contribution in [1.29, 1.82) is 5.26 Å². The van der Waals surface area contributed by atoms with Crippen LogP contribution in [0.15, 0.2) is 54.1 Å². The highest BCUT2D eigenvalue weighted by Gasteiger charge is 2.14. The predicted octanol–water partition coefficient (Wildman–Crippen LogP) is 2.94. The minimum absolute atomic E-state index is 0.0657. The van der Waals surface area contributed by atoms with Gasteiger partial charge in [-0.3, -0.25) is 4.79 Å². The molecule has 0 saturated carbocycles. The molecule has 1 unspecified atom stereocenters. The van der Waals surface area contributed by atoms with E-state index in [9.17, 15) is 14.9 Å². The first-order chi connectivity index (χ1) is 13.4. The van der Waals surface area contributed by atoms with Gasteiger partial charge in [0, 0.05) is 0 Å². The molecule has 28 heavy (non-hydrogen) atoms. The zero-order chi connectivity index (χ0) is 20.5. The third kappa shape index (κ3) is 5.61. The first-order valence-electron chi connectivity index (χ1n) is 8.44. The van der Waals surface area contributed by atoms with Gasteiger partial charge in [0.1, 0.15) is 11.6 Å². The highest BCUT2D eigenvalue weighted by Crippen LogP contribution is 2.29. The lowest BCUT2D eigenvalue weighted by molar-refractivity contribution is -0.139. The van der Waals surface area contributed by atoms with E-state index in [1.807, 2.05) is 43.3 Å². The van der Waals surface area contributed by atoms with Crippen LogP contribution < -0.4 is 14.8 Å². The van der Waals surface area contributed by atoms with Crippen molar-refractivity contribution in [3.63, 3.8) is 0 Å². The lowest BCUT2D eigenvalue weighted by Crippen LogP contribution is -2.27. The van der Waals surface area contributed by atoms with Crippen molar-refractivity contribution in [2.75, 3.05) is 13.7 Å². The molecule has 0 radical (unpaired) electrons. The van der Waals surface area contributed by atoms with E-state index in [2.05, 4.69) is 5.32 Å². The average Bonchev–Trinajstić information content (AvgIpc) is 2.71. The number of hydrogen-bond acceptors (Lipinski definition) is 5. The van der Waals surface area contributed by atoms with E-state index >= 15 is 0 Å². The van der Waals surface area contributed by atoms with Crippen LogP contribution in [0.3, 0.4) is 0 Å². The minimum Gasteiger partial charge on any atom is -0.493 e. The molecule has 2 aromatic rings. The maximum atomic E-state index is 12.4. The van der Waals surface area contributed by atoms with Crippen LogP contribution in [0, 0.1) is 11.3 Å². The number of nitriles is 1. The lowest BCUT2D eigenvalue weighted by atomic mass is 10.1. The number of benzene rings is 2. The fraction of sp³-hybridized carbons (Fsp3) is 0.190. The van der Waals surface area contributed by atoms with Crippen molar-refractivity contribution >= 4 is 18.0 Å². The van der Waals surface area contributed by atoms with Gasteiger partial charge in [0.05, 0.1) is 13.2 Å². The summed E-state index contributed by atoms with van der Waals surface area (Å²) in [7, 11) is 1.41. The Kier molecular flexibility index (Phi) is 7.17. The second kappa shape index (κ2) is 9.78. The van der Waals surface area contributed by atoms with Crippen LogP contribution in [0.4, 0.5) is 0 Å². The van der Waals surface area contributed by atoms with Gasteiger partial charge in [0.15, 0.2) is 18.1 Å². The summed E-state index contributed by atoms with van der Waals surface area (Å²) in [4.78, 5) is 23.1. The molecular formula is C21H20N2O5. The fourth-order valence-corrected chi connectivity index (χ4v) is 2.45. The van der Waals surface area contributed by atoms with Crippen LogP contribution in [0.5, 0.6) is 11.5 Å². The first kappa shape index (κ1) is 20.5. The van der Waals surface area contributed by atoms with Gasteiger partial charge >= 0.3 is 5.97 Å². The van der Waals surface area contributed by atoms with Gasteiger partial charge in [-0.05, 0) is 36.3 Å². The van der Waals surface area contributed by atoms with Crippen molar-refractivity contribution in [1.82, 2.24) is 5.32 Å². The van der Waals surface area contributed by atoms with Gasteiger partial charge in [-0.15, -0.1) is 0 Å². The molecule has 7 nitrogen and oxygen atoms in total. The van der Waals surface area contributed by atoms with E-state index in [1.54, 1.807) is 12.1 Å². The molecule has 1 atom stereocenters. The Balaban J connectivity index is 2.17. The third-order valence-electron chi connectivity index (χ3n) is 3.86. The first-order valence-corrected chi connectivity index (χ1v) is 8.44. The van der Waals surface area contributed by atoms with E-state index in [4.69, 9.17) is 14.6 Å². The Hall–Kier alpha value is -3.79. The van der Waals surface area contributed by atoms with Crippen LogP contribution in [0.1, 0.15) is 24.1 Å². The molecule has 0 spiro atoms. The molecular weight excluding hydrogens is 360 g/mol. The molecule has 7 heteroatoms. The SMILES string of the molecule is COc1cc(C=C(C#N)C(=O)NC(C)c2ccccc2)ccc1OCC(=O)O. The molecule has 2 N–H and O–H groups in total. The Morgan fingerprint density at radius 2 is 1.93 bits per heavy atom. The summed E-state index contributed by atoms with van der Waals surface area (Å²) < 4.78 is 10.3. The Labute approximate surface area is 162 Å². The van der Waals surface area contributed by atoms with Crippen molar-refractivity contribution in [3.05, 3.63) is 65.2 Å². The number of ether oxygens (including phenoxy) is 2. The van der Waals surface area contributed by atoms with Gasteiger partial charge in [-0.2, -0.15) is 5.26 Å². The normalized spacial score (nSPS) is 11.8. The molecule has 0 bridgehead atoms. The number of aliphatic carboxylic acids is 1. The molecule has 144 valence electrons. The van der Waals surface area contributed by atoms with Crippen molar-refractivity contribution in [2.24, 2.45) is 0 Å². The summed E-state index contributed by atoms with van der Waals surface area (Å²) in [6.07, 6.45) is 1.43. The number of nitrogens with one attached hydrogen (secondary N) is 1. The van der Waals surface area contributed by atoms with E-state index in [0.717, 1.165) is 5.56 Å². The van der Waals surface area contributed by atoms with E-state index in [0.29, 0.717) is 11.3 Å². The minimum atomic E-state index is -1.11. The summed E-state index contributed by atoms with van der Waals surface area (Å²) in [6.45, 7) is 1.33. The number of amides is 1. The Bertz CT molecular complexity index is 916.